The molecule has 2 aromatic carbocycles. The standard InChI is InChI=1S/C29H36N2O2/c1-3-4-5-10-31-26-9-6-22(14-25(26)24-8-7-23(33-2)15-27(24)31)28(32)30-29-16-19-11-20(17-29)13-21(12-19)18-29/h6-9,14-15,19-21H,3-5,10-13,16-18H2,1-2H3,(H,30,32). The summed E-state index contributed by atoms with van der Waals surface area (Å²) in [4.78, 5) is 13.5. The molecule has 4 aliphatic rings. The Labute approximate surface area is 196 Å². The number of benzene rings is 2. The molecule has 1 amide bonds. The molecule has 0 spiro atoms. The lowest BCUT2D eigenvalue weighted by Crippen LogP contribution is -2.59. The van der Waals surface area contributed by atoms with Gasteiger partial charge in [0.1, 0.15) is 5.75 Å². The lowest BCUT2D eigenvalue weighted by molar-refractivity contribution is -0.0167. The first-order valence-corrected chi connectivity index (χ1v) is 13.0. The average Bonchev–Trinajstić information content (AvgIpc) is 3.10. The second-order valence-corrected chi connectivity index (χ2v) is 11.1. The molecule has 4 heteroatoms. The third-order valence-electron chi connectivity index (χ3n) is 8.74. The lowest BCUT2D eigenvalue weighted by Gasteiger charge is -2.56. The molecule has 0 atom stereocenters. The molecular formula is C29H36N2O2. The number of methoxy groups -OCH3 is 1. The number of rotatable bonds is 7. The second kappa shape index (κ2) is 8.07. The molecule has 0 aliphatic heterocycles. The Morgan fingerprint density at radius 2 is 1.70 bits per heavy atom. The molecule has 33 heavy (non-hydrogen) atoms. The van der Waals surface area contributed by atoms with Gasteiger partial charge in [0.2, 0.25) is 0 Å². The van der Waals surface area contributed by atoms with Crippen molar-refractivity contribution in [3.63, 3.8) is 0 Å². The van der Waals surface area contributed by atoms with Crippen molar-refractivity contribution in [1.82, 2.24) is 9.88 Å². The smallest absolute Gasteiger partial charge is 0.251 e. The van der Waals surface area contributed by atoms with Crippen LogP contribution in [-0.4, -0.2) is 23.1 Å². The van der Waals surface area contributed by atoms with Crippen LogP contribution in [0.3, 0.4) is 0 Å². The zero-order valence-corrected chi connectivity index (χ0v) is 20.0. The summed E-state index contributed by atoms with van der Waals surface area (Å²) in [7, 11) is 1.72. The van der Waals surface area contributed by atoms with Gasteiger partial charge in [-0.05, 0) is 93.0 Å². The molecule has 1 heterocycles. The van der Waals surface area contributed by atoms with Crippen LogP contribution >= 0.6 is 0 Å². The molecule has 1 N–H and O–H groups in total. The van der Waals surface area contributed by atoms with Gasteiger partial charge in [-0.15, -0.1) is 0 Å². The number of carbonyl (C=O) groups is 1. The van der Waals surface area contributed by atoms with E-state index in [4.69, 9.17) is 4.74 Å². The van der Waals surface area contributed by atoms with Crippen LogP contribution in [0.1, 0.15) is 75.1 Å². The first kappa shape index (κ1) is 21.1. The van der Waals surface area contributed by atoms with Gasteiger partial charge in [0.05, 0.1) is 12.6 Å². The number of nitrogens with zero attached hydrogens (tertiary/aromatic N) is 1. The fourth-order valence-electron chi connectivity index (χ4n) is 7.69. The molecule has 7 rings (SSSR count). The Bertz CT molecular complexity index is 1170. The Kier molecular flexibility index (Phi) is 5.15. The fourth-order valence-corrected chi connectivity index (χ4v) is 7.69. The van der Waals surface area contributed by atoms with Crippen molar-refractivity contribution in [3.05, 3.63) is 42.0 Å². The number of amides is 1. The van der Waals surface area contributed by atoms with Crippen molar-refractivity contribution < 1.29 is 9.53 Å². The summed E-state index contributed by atoms with van der Waals surface area (Å²) in [6, 6.07) is 12.6. The van der Waals surface area contributed by atoms with E-state index >= 15 is 0 Å². The van der Waals surface area contributed by atoms with Crippen LogP contribution in [0.25, 0.3) is 21.8 Å². The summed E-state index contributed by atoms with van der Waals surface area (Å²) < 4.78 is 7.92. The average molecular weight is 445 g/mol. The van der Waals surface area contributed by atoms with Gasteiger partial charge in [-0.25, -0.2) is 0 Å². The van der Waals surface area contributed by atoms with Gasteiger partial charge >= 0.3 is 0 Å². The Hall–Kier alpha value is -2.49. The summed E-state index contributed by atoms with van der Waals surface area (Å²) in [6.07, 6.45) is 11.3. The van der Waals surface area contributed by atoms with Crippen LogP contribution in [0.2, 0.25) is 0 Å². The highest BCUT2D eigenvalue weighted by atomic mass is 16.5. The number of aryl methyl sites for hydroxylation is 1. The van der Waals surface area contributed by atoms with Crippen molar-refractivity contribution in [2.24, 2.45) is 17.8 Å². The predicted molar refractivity (Wildman–Crippen MR) is 134 cm³/mol. The Balaban J connectivity index is 1.34. The number of fused-ring (bicyclic) bond motifs is 3. The normalized spacial score (nSPS) is 28.0. The number of ether oxygens (including phenoxy) is 1. The van der Waals surface area contributed by atoms with Crippen LogP contribution in [0.4, 0.5) is 0 Å². The minimum absolute atomic E-state index is 0.0440. The SMILES string of the molecule is CCCCCn1c2ccc(C(=O)NC34CC5CC(CC(C5)C3)C4)cc2c2ccc(OC)cc21. The van der Waals surface area contributed by atoms with Crippen molar-refractivity contribution >= 4 is 27.7 Å². The van der Waals surface area contributed by atoms with Crippen molar-refractivity contribution in [2.75, 3.05) is 7.11 Å². The molecule has 0 saturated heterocycles. The van der Waals surface area contributed by atoms with E-state index in [0.717, 1.165) is 42.0 Å². The highest BCUT2D eigenvalue weighted by Gasteiger charge is 2.51. The fraction of sp³-hybridized carbons (Fsp3) is 0.552. The molecular weight excluding hydrogens is 408 g/mol. The zero-order chi connectivity index (χ0) is 22.6. The van der Waals surface area contributed by atoms with E-state index in [0.29, 0.717) is 0 Å². The molecule has 0 radical (unpaired) electrons. The maximum atomic E-state index is 13.5. The molecule has 0 unspecified atom stereocenters. The molecule has 4 aliphatic carbocycles. The quantitative estimate of drug-likeness (QED) is 0.413. The molecule has 4 nitrogen and oxygen atoms in total. The number of aromatic nitrogens is 1. The van der Waals surface area contributed by atoms with Gasteiger partial charge in [0.15, 0.2) is 0 Å². The minimum atomic E-state index is 0.0440. The maximum absolute atomic E-state index is 13.5. The predicted octanol–water partition coefficient (Wildman–Crippen LogP) is 6.69. The van der Waals surface area contributed by atoms with Gasteiger partial charge in [-0.2, -0.15) is 0 Å². The van der Waals surface area contributed by atoms with Gasteiger partial charge in [0.25, 0.3) is 5.91 Å². The van der Waals surface area contributed by atoms with Crippen LogP contribution in [0, 0.1) is 17.8 Å². The van der Waals surface area contributed by atoms with Crippen LogP contribution < -0.4 is 10.1 Å². The number of hydrogen-bond donors (Lipinski definition) is 1. The van der Waals surface area contributed by atoms with Crippen molar-refractivity contribution in [3.8, 4) is 5.75 Å². The van der Waals surface area contributed by atoms with E-state index in [1.165, 1.54) is 73.2 Å². The largest absolute Gasteiger partial charge is 0.497 e. The zero-order valence-electron chi connectivity index (χ0n) is 20.0. The van der Waals surface area contributed by atoms with E-state index in [1.807, 2.05) is 12.1 Å². The Morgan fingerprint density at radius 1 is 0.970 bits per heavy atom. The summed E-state index contributed by atoms with van der Waals surface area (Å²) >= 11 is 0. The second-order valence-electron chi connectivity index (χ2n) is 11.1. The first-order chi connectivity index (χ1) is 16.1. The van der Waals surface area contributed by atoms with Crippen molar-refractivity contribution in [1.29, 1.82) is 0 Å². The summed E-state index contributed by atoms with van der Waals surface area (Å²) in [6.45, 7) is 3.23. The van der Waals surface area contributed by atoms with Gasteiger partial charge in [-0.1, -0.05) is 19.8 Å². The van der Waals surface area contributed by atoms with Crippen LogP contribution in [-0.2, 0) is 6.54 Å². The van der Waals surface area contributed by atoms with Gasteiger partial charge in [-0.3, -0.25) is 4.79 Å². The van der Waals surface area contributed by atoms with E-state index in [9.17, 15) is 4.79 Å². The minimum Gasteiger partial charge on any atom is -0.497 e. The molecule has 4 fully saturated rings. The summed E-state index contributed by atoms with van der Waals surface area (Å²) in [5.41, 5.74) is 3.24. The molecule has 1 aromatic heterocycles. The van der Waals surface area contributed by atoms with Crippen LogP contribution in [0.5, 0.6) is 5.75 Å². The van der Waals surface area contributed by atoms with Crippen LogP contribution in [0.15, 0.2) is 36.4 Å². The Morgan fingerprint density at radius 3 is 2.36 bits per heavy atom. The topological polar surface area (TPSA) is 43.3 Å². The maximum Gasteiger partial charge on any atom is 0.251 e. The highest BCUT2D eigenvalue weighted by Crippen LogP contribution is 2.55. The monoisotopic (exact) mass is 444 g/mol. The summed E-state index contributed by atoms with van der Waals surface area (Å²) in [5, 5.41) is 5.92. The molecule has 3 aromatic rings. The third kappa shape index (κ3) is 3.62. The van der Waals surface area contributed by atoms with Gasteiger partial charge in [0, 0.05) is 40.0 Å². The van der Waals surface area contributed by atoms with Gasteiger partial charge < -0.3 is 14.6 Å². The molecule has 4 saturated carbocycles. The number of unbranched alkanes of at least 4 members (excludes halogenated alkanes) is 2. The number of carbonyl (C=O) groups excluding carboxylic acids is 1. The molecule has 174 valence electrons. The number of hydrogen-bond acceptors (Lipinski definition) is 2. The lowest BCUT2D eigenvalue weighted by atomic mass is 9.53. The summed E-state index contributed by atoms with van der Waals surface area (Å²) in [5.74, 6) is 3.47. The number of nitrogens with one attached hydrogen (secondary N) is 1. The molecule has 4 bridgehead atoms. The third-order valence-corrected chi connectivity index (χ3v) is 8.74. The van der Waals surface area contributed by atoms with Crippen molar-refractivity contribution in [2.45, 2.75) is 76.8 Å². The van der Waals surface area contributed by atoms with E-state index in [-0.39, 0.29) is 11.4 Å². The van der Waals surface area contributed by atoms with E-state index in [2.05, 4.69) is 41.1 Å². The van der Waals surface area contributed by atoms with E-state index < -0.39 is 0 Å². The first-order valence-electron chi connectivity index (χ1n) is 13.0. The van der Waals surface area contributed by atoms with E-state index in [1.54, 1.807) is 7.11 Å². The highest BCUT2D eigenvalue weighted by molar-refractivity contribution is 6.11.